The number of piperidine rings is 1. The van der Waals surface area contributed by atoms with Crippen LogP contribution in [0.1, 0.15) is 48.8 Å². The molecule has 124 valence electrons. The van der Waals surface area contributed by atoms with E-state index in [9.17, 15) is 4.79 Å². The topological polar surface area (TPSA) is 63.1 Å². The fourth-order valence-electron chi connectivity index (χ4n) is 2.97. The lowest BCUT2D eigenvalue weighted by Gasteiger charge is -2.33. The Morgan fingerprint density at radius 1 is 1.57 bits per heavy atom. The van der Waals surface area contributed by atoms with Gasteiger partial charge in [0.1, 0.15) is 5.01 Å². The third-order valence-electron chi connectivity index (χ3n) is 4.24. The van der Waals surface area contributed by atoms with E-state index in [1.807, 2.05) is 28.1 Å². The highest BCUT2D eigenvalue weighted by molar-refractivity contribution is 7.09. The summed E-state index contributed by atoms with van der Waals surface area (Å²) >= 11 is 1.59. The molecule has 2 aromatic rings. The van der Waals surface area contributed by atoms with Gasteiger partial charge >= 0.3 is 6.03 Å². The number of likely N-dealkylation sites (tertiary alicyclic amines) is 1. The molecule has 1 fully saturated rings. The zero-order valence-corrected chi connectivity index (χ0v) is 14.4. The maximum absolute atomic E-state index is 12.6. The van der Waals surface area contributed by atoms with Gasteiger partial charge in [0.2, 0.25) is 0 Å². The summed E-state index contributed by atoms with van der Waals surface area (Å²) in [5, 5.41) is 10.4. The maximum atomic E-state index is 12.6. The van der Waals surface area contributed by atoms with Gasteiger partial charge in [-0.3, -0.25) is 4.68 Å². The molecule has 0 aromatic carbocycles. The Hall–Kier alpha value is -1.89. The van der Waals surface area contributed by atoms with Crippen LogP contribution in [-0.4, -0.2) is 38.8 Å². The van der Waals surface area contributed by atoms with E-state index >= 15 is 0 Å². The molecule has 0 bridgehead atoms. The van der Waals surface area contributed by atoms with Gasteiger partial charge in [-0.05, 0) is 31.7 Å². The molecule has 1 N–H and O–H groups in total. The van der Waals surface area contributed by atoms with Crippen LogP contribution in [0.2, 0.25) is 0 Å². The second kappa shape index (κ2) is 7.12. The predicted molar refractivity (Wildman–Crippen MR) is 90.5 cm³/mol. The first-order valence-corrected chi connectivity index (χ1v) is 9.01. The molecule has 3 rings (SSSR count). The fraction of sp³-hybridized carbons (Fsp3) is 0.562. The standard InChI is InChI=1S/C16H23N5OS/c1-3-14(15-17-6-8-23-15)19-16(22)20-7-4-5-13(11-20)21-10-12(2)9-18-21/h6,8-10,13-14H,3-5,7,11H2,1-2H3,(H,19,22)/t13-,14-/m0/s1. The number of rotatable bonds is 4. The monoisotopic (exact) mass is 333 g/mol. The van der Waals surface area contributed by atoms with Gasteiger partial charge in [-0.1, -0.05) is 6.92 Å². The third-order valence-corrected chi connectivity index (χ3v) is 5.13. The first-order chi connectivity index (χ1) is 11.2. The lowest BCUT2D eigenvalue weighted by atomic mass is 10.1. The number of hydrogen-bond acceptors (Lipinski definition) is 4. The average molecular weight is 333 g/mol. The van der Waals surface area contributed by atoms with Crippen LogP contribution in [0.3, 0.4) is 0 Å². The first-order valence-electron chi connectivity index (χ1n) is 8.13. The molecule has 1 aliphatic rings. The number of hydrogen-bond donors (Lipinski definition) is 1. The van der Waals surface area contributed by atoms with E-state index < -0.39 is 0 Å². The molecule has 0 saturated carbocycles. The van der Waals surface area contributed by atoms with E-state index in [1.54, 1.807) is 17.5 Å². The largest absolute Gasteiger partial charge is 0.329 e. The van der Waals surface area contributed by atoms with Crippen molar-refractivity contribution in [1.82, 2.24) is 25.0 Å². The van der Waals surface area contributed by atoms with Crippen LogP contribution in [0.25, 0.3) is 0 Å². The summed E-state index contributed by atoms with van der Waals surface area (Å²) in [6, 6.07) is 0.263. The molecule has 0 unspecified atom stereocenters. The summed E-state index contributed by atoms with van der Waals surface area (Å²) in [4.78, 5) is 18.8. The van der Waals surface area contributed by atoms with Crippen molar-refractivity contribution >= 4 is 17.4 Å². The molecule has 2 amide bonds. The molecule has 0 aliphatic carbocycles. The lowest BCUT2D eigenvalue weighted by Crippen LogP contribution is -2.46. The van der Waals surface area contributed by atoms with Crippen molar-refractivity contribution < 1.29 is 4.79 Å². The second-order valence-electron chi connectivity index (χ2n) is 6.02. The van der Waals surface area contributed by atoms with Gasteiger partial charge in [0.15, 0.2) is 0 Å². The molecule has 2 aromatic heterocycles. The molecule has 0 spiro atoms. The van der Waals surface area contributed by atoms with Crippen LogP contribution >= 0.6 is 11.3 Å². The quantitative estimate of drug-likeness (QED) is 0.935. The highest BCUT2D eigenvalue weighted by atomic mass is 32.1. The van der Waals surface area contributed by atoms with Crippen molar-refractivity contribution in [2.24, 2.45) is 0 Å². The molecule has 7 heteroatoms. The van der Waals surface area contributed by atoms with Gasteiger partial charge in [0, 0.05) is 30.9 Å². The number of amides is 2. The predicted octanol–water partition coefficient (Wildman–Crippen LogP) is 3.15. The molecule has 6 nitrogen and oxygen atoms in total. The summed E-state index contributed by atoms with van der Waals surface area (Å²) in [6.45, 7) is 5.62. The number of urea groups is 1. The number of aromatic nitrogens is 3. The molecule has 3 heterocycles. The van der Waals surface area contributed by atoms with Crippen LogP contribution in [0.15, 0.2) is 24.0 Å². The lowest BCUT2D eigenvalue weighted by molar-refractivity contribution is 0.160. The summed E-state index contributed by atoms with van der Waals surface area (Å²) in [6.07, 6.45) is 8.62. The number of nitrogens with one attached hydrogen (secondary N) is 1. The van der Waals surface area contributed by atoms with Gasteiger partial charge in [-0.25, -0.2) is 9.78 Å². The van der Waals surface area contributed by atoms with Gasteiger partial charge in [-0.15, -0.1) is 11.3 Å². The van der Waals surface area contributed by atoms with Crippen LogP contribution in [0.5, 0.6) is 0 Å². The van der Waals surface area contributed by atoms with Crippen molar-refractivity contribution in [1.29, 1.82) is 0 Å². The number of nitrogens with zero attached hydrogens (tertiary/aromatic N) is 4. The van der Waals surface area contributed by atoms with Crippen molar-refractivity contribution in [3.05, 3.63) is 34.5 Å². The highest BCUT2D eigenvalue weighted by Gasteiger charge is 2.27. The zero-order valence-electron chi connectivity index (χ0n) is 13.6. The molecule has 23 heavy (non-hydrogen) atoms. The average Bonchev–Trinajstić information content (AvgIpc) is 3.24. The second-order valence-corrected chi connectivity index (χ2v) is 6.95. The van der Waals surface area contributed by atoms with Crippen LogP contribution in [0.4, 0.5) is 4.79 Å². The third kappa shape index (κ3) is 3.72. The fourth-order valence-corrected chi connectivity index (χ4v) is 3.75. The summed E-state index contributed by atoms with van der Waals surface area (Å²) in [7, 11) is 0. The van der Waals surface area contributed by atoms with Gasteiger partial charge < -0.3 is 10.2 Å². The molecular formula is C16H23N5OS. The van der Waals surface area contributed by atoms with Gasteiger partial charge in [0.05, 0.1) is 18.3 Å². The molecule has 0 radical (unpaired) electrons. The van der Waals surface area contributed by atoms with Crippen LogP contribution in [0, 0.1) is 6.92 Å². The number of thiazole rings is 1. The molecule has 1 saturated heterocycles. The molecule has 2 atom stereocenters. The highest BCUT2D eigenvalue weighted by Crippen LogP contribution is 2.23. The first kappa shape index (κ1) is 16.0. The van der Waals surface area contributed by atoms with Crippen LogP contribution < -0.4 is 5.32 Å². The maximum Gasteiger partial charge on any atom is 0.318 e. The SMILES string of the molecule is CC[C@H](NC(=O)N1CCC[C@H](n2cc(C)cn2)C1)c1nccs1. The van der Waals surface area contributed by atoms with E-state index in [-0.39, 0.29) is 18.1 Å². The Bertz CT molecular complexity index is 639. The minimum atomic E-state index is -0.00479. The normalized spacial score (nSPS) is 19.6. The van der Waals surface area contributed by atoms with Gasteiger partial charge in [0.25, 0.3) is 0 Å². The summed E-state index contributed by atoms with van der Waals surface area (Å²) < 4.78 is 1.99. The van der Waals surface area contributed by atoms with Crippen molar-refractivity contribution in [2.45, 2.75) is 45.2 Å². The molecular weight excluding hydrogens is 310 g/mol. The van der Waals surface area contributed by atoms with E-state index in [2.05, 4.69) is 28.5 Å². The van der Waals surface area contributed by atoms with E-state index in [0.29, 0.717) is 6.54 Å². The Kier molecular flexibility index (Phi) is 4.95. The van der Waals surface area contributed by atoms with E-state index in [1.165, 1.54) is 0 Å². The van der Waals surface area contributed by atoms with Gasteiger partial charge in [-0.2, -0.15) is 5.10 Å². The number of aryl methyl sites for hydroxylation is 1. The summed E-state index contributed by atoms with van der Waals surface area (Å²) in [5.41, 5.74) is 1.15. The smallest absolute Gasteiger partial charge is 0.318 e. The minimum Gasteiger partial charge on any atom is -0.329 e. The van der Waals surface area contributed by atoms with Crippen LogP contribution in [-0.2, 0) is 0 Å². The number of carbonyl (C=O) groups excluding carboxylic acids is 1. The molecule has 1 aliphatic heterocycles. The summed E-state index contributed by atoms with van der Waals surface area (Å²) in [5.74, 6) is 0. The zero-order chi connectivity index (χ0) is 16.2. The van der Waals surface area contributed by atoms with Crippen molar-refractivity contribution in [3.8, 4) is 0 Å². The Morgan fingerprint density at radius 3 is 3.09 bits per heavy atom. The Balaban J connectivity index is 1.62. The Morgan fingerprint density at radius 2 is 2.43 bits per heavy atom. The van der Waals surface area contributed by atoms with E-state index in [0.717, 1.165) is 36.4 Å². The van der Waals surface area contributed by atoms with Crippen molar-refractivity contribution in [3.63, 3.8) is 0 Å². The number of carbonyl (C=O) groups is 1. The van der Waals surface area contributed by atoms with E-state index in [4.69, 9.17) is 0 Å². The minimum absolute atomic E-state index is 0.000582. The van der Waals surface area contributed by atoms with Crippen molar-refractivity contribution in [2.75, 3.05) is 13.1 Å². The Labute approximate surface area is 140 Å².